The highest BCUT2D eigenvalue weighted by Crippen LogP contribution is 2.25. The van der Waals surface area contributed by atoms with Crippen LogP contribution in [0.5, 0.6) is 5.75 Å². The minimum absolute atomic E-state index is 0.520. The highest BCUT2D eigenvalue weighted by atomic mass is 79.9. The summed E-state index contributed by atoms with van der Waals surface area (Å²) in [5.74, 6) is 0.949. The number of ether oxygens (including phenoxy) is 1. The molecule has 2 nitrogen and oxygen atoms in total. The van der Waals surface area contributed by atoms with Crippen LogP contribution in [0.3, 0.4) is 0 Å². The number of rotatable bonds is 3. The zero-order valence-corrected chi connectivity index (χ0v) is 12.3. The lowest BCUT2D eigenvalue weighted by Crippen LogP contribution is -2.03. The second-order valence-electron chi connectivity index (χ2n) is 4.89. The van der Waals surface area contributed by atoms with Crippen LogP contribution in [0.15, 0.2) is 41.0 Å². The number of aryl methyl sites for hydroxylation is 2. The maximum Gasteiger partial charge on any atom is 0.130 e. The third-order valence-electron chi connectivity index (χ3n) is 3.50. The van der Waals surface area contributed by atoms with Crippen molar-refractivity contribution in [3.8, 4) is 5.75 Å². The maximum atomic E-state index is 5.82. The standard InChI is InChI=1S/C16H16BrNO/c17-14-6-7-15(18-10-14)11-19-16-8-5-12-3-1-2-4-13(12)9-16/h5-10H,1-4,11H2. The van der Waals surface area contributed by atoms with Gasteiger partial charge in [-0.1, -0.05) is 6.07 Å². The minimum atomic E-state index is 0.520. The largest absolute Gasteiger partial charge is 0.487 e. The number of benzene rings is 1. The number of hydrogen-bond acceptors (Lipinski definition) is 2. The fourth-order valence-corrected chi connectivity index (χ4v) is 2.68. The van der Waals surface area contributed by atoms with Gasteiger partial charge >= 0.3 is 0 Å². The molecule has 0 N–H and O–H groups in total. The van der Waals surface area contributed by atoms with Crippen LogP contribution in [0.25, 0.3) is 0 Å². The average Bonchev–Trinajstić information content (AvgIpc) is 2.46. The molecule has 98 valence electrons. The number of halogens is 1. The van der Waals surface area contributed by atoms with Gasteiger partial charge in [0.15, 0.2) is 0 Å². The van der Waals surface area contributed by atoms with Crippen LogP contribution in [-0.2, 0) is 19.4 Å². The van der Waals surface area contributed by atoms with E-state index in [4.69, 9.17) is 4.74 Å². The molecule has 0 atom stereocenters. The summed E-state index contributed by atoms with van der Waals surface area (Å²) >= 11 is 3.38. The van der Waals surface area contributed by atoms with Gasteiger partial charge in [-0.2, -0.15) is 0 Å². The molecule has 0 aliphatic heterocycles. The average molecular weight is 318 g/mol. The van der Waals surface area contributed by atoms with E-state index in [9.17, 15) is 0 Å². The number of nitrogens with zero attached hydrogens (tertiary/aromatic N) is 1. The molecule has 3 heteroatoms. The van der Waals surface area contributed by atoms with Crippen LogP contribution < -0.4 is 4.74 Å². The molecule has 1 aliphatic rings. The van der Waals surface area contributed by atoms with Crippen LogP contribution in [0.1, 0.15) is 29.7 Å². The van der Waals surface area contributed by atoms with Crippen LogP contribution in [0.2, 0.25) is 0 Å². The van der Waals surface area contributed by atoms with E-state index in [0.29, 0.717) is 6.61 Å². The Morgan fingerprint density at radius 2 is 1.89 bits per heavy atom. The lowest BCUT2D eigenvalue weighted by atomic mass is 9.92. The van der Waals surface area contributed by atoms with Gasteiger partial charge in [-0.05, 0) is 77.0 Å². The molecule has 0 fully saturated rings. The second-order valence-corrected chi connectivity index (χ2v) is 5.81. The Morgan fingerprint density at radius 1 is 1.05 bits per heavy atom. The monoisotopic (exact) mass is 317 g/mol. The molecule has 1 aromatic heterocycles. The lowest BCUT2D eigenvalue weighted by molar-refractivity contribution is 0.300. The van der Waals surface area contributed by atoms with Crippen molar-refractivity contribution in [3.63, 3.8) is 0 Å². The Hall–Kier alpha value is -1.35. The summed E-state index contributed by atoms with van der Waals surface area (Å²) in [5.41, 5.74) is 3.88. The molecule has 0 unspecified atom stereocenters. The molecule has 2 aromatic rings. The first-order chi connectivity index (χ1) is 9.31. The second kappa shape index (κ2) is 5.74. The summed E-state index contributed by atoms with van der Waals surface area (Å²) in [7, 11) is 0. The van der Waals surface area contributed by atoms with Gasteiger partial charge in [0, 0.05) is 10.7 Å². The highest BCUT2D eigenvalue weighted by molar-refractivity contribution is 9.10. The predicted molar refractivity (Wildman–Crippen MR) is 79.4 cm³/mol. The maximum absolute atomic E-state index is 5.82. The molecule has 1 aliphatic carbocycles. The van der Waals surface area contributed by atoms with E-state index in [1.165, 1.54) is 36.8 Å². The number of hydrogen-bond donors (Lipinski definition) is 0. The zero-order valence-electron chi connectivity index (χ0n) is 10.7. The van der Waals surface area contributed by atoms with Gasteiger partial charge in [0.2, 0.25) is 0 Å². The Balaban J connectivity index is 1.68. The Morgan fingerprint density at radius 3 is 2.68 bits per heavy atom. The van der Waals surface area contributed by atoms with Gasteiger partial charge in [0.25, 0.3) is 0 Å². The topological polar surface area (TPSA) is 22.1 Å². The van der Waals surface area contributed by atoms with Gasteiger partial charge in [-0.3, -0.25) is 4.98 Å². The Kier molecular flexibility index (Phi) is 3.83. The summed E-state index contributed by atoms with van der Waals surface area (Å²) in [4.78, 5) is 4.31. The van der Waals surface area contributed by atoms with Crippen molar-refractivity contribution in [2.75, 3.05) is 0 Å². The lowest BCUT2D eigenvalue weighted by Gasteiger charge is -2.16. The van der Waals surface area contributed by atoms with Gasteiger partial charge in [0.1, 0.15) is 12.4 Å². The smallest absolute Gasteiger partial charge is 0.130 e. The van der Waals surface area contributed by atoms with Gasteiger partial charge < -0.3 is 4.74 Å². The number of pyridine rings is 1. The van der Waals surface area contributed by atoms with E-state index in [1.54, 1.807) is 6.20 Å². The van der Waals surface area contributed by atoms with Gasteiger partial charge in [-0.25, -0.2) is 0 Å². The molecule has 19 heavy (non-hydrogen) atoms. The third kappa shape index (κ3) is 3.16. The van der Waals surface area contributed by atoms with Crippen molar-refractivity contribution in [2.24, 2.45) is 0 Å². The van der Waals surface area contributed by atoms with E-state index >= 15 is 0 Å². The number of fused-ring (bicyclic) bond motifs is 1. The van der Waals surface area contributed by atoms with Crippen LogP contribution >= 0.6 is 15.9 Å². The Labute approximate surface area is 122 Å². The first-order valence-electron chi connectivity index (χ1n) is 6.66. The third-order valence-corrected chi connectivity index (χ3v) is 3.96. The van der Waals surface area contributed by atoms with Crippen LogP contribution in [0, 0.1) is 0 Å². The van der Waals surface area contributed by atoms with E-state index in [0.717, 1.165) is 15.9 Å². The van der Waals surface area contributed by atoms with Gasteiger partial charge in [-0.15, -0.1) is 0 Å². The van der Waals surface area contributed by atoms with E-state index < -0.39 is 0 Å². The molecule has 0 amide bonds. The molecule has 0 bridgehead atoms. The highest BCUT2D eigenvalue weighted by Gasteiger charge is 2.09. The van der Waals surface area contributed by atoms with Gasteiger partial charge in [0.05, 0.1) is 5.69 Å². The quantitative estimate of drug-likeness (QED) is 0.842. The first kappa shape index (κ1) is 12.7. The molecule has 0 spiro atoms. The molecule has 1 aromatic carbocycles. The van der Waals surface area contributed by atoms with Crippen LogP contribution in [0.4, 0.5) is 0 Å². The SMILES string of the molecule is Brc1ccc(COc2ccc3c(c2)CCCC3)nc1. The molecular formula is C16H16BrNO. The van der Waals surface area contributed by atoms with E-state index in [2.05, 4.69) is 39.1 Å². The van der Waals surface area contributed by atoms with Crippen molar-refractivity contribution < 1.29 is 4.74 Å². The summed E-state index contributed by atoms with van der Waals surface area (Å²) in [6.45, 7) is 0.520. The van der Waals surface area contributed by atoms with Crippen LogP contribution in [-0.4, -0.2) is 4.98 Å². The van der Waals surface area contributed by atoms with Crippen molar-refractivity contribution in [1.82, 2.24) is 4.98 Å². The number of aromatic nitrogens is 1. The summed E-state index contributed by atoms with van der Waals surface area (Å²) in [6, 6.07) is 10.4. The normalized spacial score (nSPS) is 13.9. The summed E-state index contributed by atoms with van der Waals surface area (Å²) in [6.07, 6.45) is 6.80. The fraction of sp³-hybridized carbons (Fsp3) is 0.312. The van der Waals surface area contributed by atoms with E-state index in [1.807, 2.05) is 12.1 Å². The summed E-state index contributed by atoms with van der Waals surface area (Å²) in [5, 5.41) is 0. The molecule has 0 saturated heterocycles. The Bertz CT molecular complexity index is 565. The molecule has 0 saturated carbocycles. The van der Waals surface area contributed by atoms with Crippen molar-refractivity contribution in [3.05, 3.63) is 57.8 Å². The fourth-order valence-electron chi connectivity index (χ4n) is 2.45. The summed E-state index contributed by atoms with van der Waals surface area (Å²) < 4.78 is 6.81. The van der Waals surface area contributed by atoms with Crippen molar-refractivity contribution in [2.45, 2.75) is 32.3 Å². The molecule has 0 radical (unpaired) electrons. The first-order valence-corrected chi connectivity index (χ1v) is 7.45. The minimum Gasteiger partial charge on any atom is -0.487 e. The zero-order chi connectivity index (χ0) is 13.1. The molecule has 3 rings (SSSR count). The van der Waals surface area contributed by atoms with Crippen molar-refractivity contribution in [1.29, 1.82) is 0 Å². The molecular weight excluding hydrogens is 302 g/mol. The predicted octanol–water partition coefficient (Wildman–Crippen LogP) is 4.30. The van der Waals surface area contributed by atoms with Crippen molar-refractivity contribution >= 4 is 15.9 Å². The molecule has 1 heterocycles. The van der Waals surface area contributed by atoms with E-state index in [-0.39, 0.29) is 0 Å².